The molecule has 2 rings (SSSR count). The molecule has 0 fully saturated rings. The Balaban J connectivity index is 2.03. The van der Waals surface area contributed by atoms with Crippen molar-refractivity contribution in [1.82, 2.24) is 0 Å². The molecule has 1 atom stereocenters. The summed E-state index contributed by atoms with van der Waals surface area (Å²) in [6.07, 6.45) is -1.08. The van der Waals surface area contributed by atoms with E-state index in [0.717, 1.165) is 0 Å². The first-order valence-corrected chi connectivity index (χ1v) is 8.61. The number of hydrogen-bond donors (Lipinski definition) is 3. The van der Waals surface area contributed by atoms with Gasteiger partial charge in [-0.15, -0.1) is 0 Å². The molecule has 0 saturated carbocycles. The molecule has 0 saturated heterocycles. The van der Waals surface area contributed by atoms with Crippen molar-refractivity contribution in [2.75, 3.05) is 23.5 Å². The topological polar surface area (TPSA) is 120 Å². The molecule has 2 aromatic rings. The van der Waals surface area contributed by atoms with Crippen molar-refractivity contribution < 1.29 is 23.9 Å². The molecule has 0 heterocycles. The monoisotopic (exact) mass is 405 g/mol. The molecule has 0 spiro atoms. The van der Waals surface area contributed by atoms with Crippen LogP contribution < -0.4 is 21.1 Å². The highest BCUT2D eigenvalue weighted by molar-refractivity contribution is 6.33. The summed E-state index contributed by atoms with van der Waals surface area (Å²) in [5.41, 5.74) is 7.07. The van der Waals surface area contributed by atoms with Gasteiger partial charge in [0.2, 0.25) is 5.91 Å². The maximum absolute atomic E-state index is 12.4. The van der Waals surface area contributed by atoms with Crippen LogP contribution in [0.5, 0.6) is 5.75 Å². The number of rotatable bonds is 6. The summed E-state index contributed by atoms with van der Waals surface area (Å²) in [6, 6.07) is 9.22. The summed E-state index contributed by atoms with van der Waals surface area (Å²) in [5, 5.41) is 5.41. The number of nitrogen functional groups attached to an aromatic ring is 1. The maximum atomic E-state index is 12.4. The number of carbonyl (C=O) groups is 3. The van der Waals surface area contributed by atoms with Crippen LogP contribution in [0.1, 0.15) is 24.2 Å². The highest BCUT2D eigenvalue weighted by Crippen LogP contribution is 2.29. The van der Waals surface area contributed by atoms with E-state index in [-0.39, 0.29) is 27.9 Å². The van der Waals surface area contributed by atoms with Crippen LogP contribution in [0.3, 0.4) is 0 Å². The average molecular weight is 406 g/mol. The minimum atomic E-state index is -1.08. The zero-order chi connectivity index (χ0) is 20.8. The van der Waals surface area contributed by atoms with E-state index in [1.54, 1.807) is 24.3 Å². The Bertz CT molecular complexity index is 899. The molecule has 8 nitrogen and oxygen atoms in total. The van der Waals surface area contributed by atoms with Gasteiger partial charge in [-0.1, -0.05) is 11.6 Å². The van der Waals surface area contributed by atoms with Crippen LogP contribution in [0.2, 0.25) is 5.02 Å². The van der Waals surface area contributed by atoms with Crippen LogP contribution in [-0.2, 0) is 14.3 Å². The van der Waals surface area contributed by atoms with Gasteiger partial charge in [-0.25, -0.2) is 4.79 Å². The van der Waals surface area contributed by atoms with Crippen LogP contribution in [0.4, 0.5) is 17.1 Å². The lowest BCUT2D eigenvalue weighted by atomic mass is 10.2. The molecule has 0 bridgehead atoms. The molecule has 2 amide bonds. The Morgan fingerprint density at radius 1 is 1.07 bits per heavy atom. The van der Waals surface area contributed by atoms with Gasteiger partial charge in [0.05, 0.1) is 17.8 Å². The lowest BCUT2D eigenvalue weighted by Gasteiger charge is -2.15. The number of hydrogen-bond acceptors (Lipinski definition) is 6. The van der Waals surface area contributed by atoms with Gasteiger partial charge in [0.25, 0.3) is 5.91 Å². The van der Waals surface area contributed by atoms with Crippen LogP contribution in [0, 0.1) is 0 Å². The first-order valence-electron chi connectivity index (χ1n) is 8.23. The molecule has 0 unspecified atom stereocenters. The first-order chi connectivity index (χ1) is 13.2. The molecule has 9 heteroatoms. The Hall–Kier alpha value is -3.26. The second kappa shape index (κ2) is 9.09. The van der Waals surface area contributed by atoms with Gasteiger partial charge in [0.1, 0.15) is 11.3 Å². The molecule has 0 aliphatic carbocycles. The molecule has 0 aliphatic rings. The van der Waals surface area contributed by atoms with Crippen molar-refractivity contribution in [3.63, 3.8) is 0 Å². The molecule has 0 radical (unpaired) electrons. The third-order valence-corrected chi connectivity index (χ3v) is 3.99. The van der Waals surface area contributed by atoms with Crippen molar-refractivity contribution in [3.8, 4) is 5.75 Å². The summed E-state index contributed by atoms with van der Waals surface area (Å²) in [7, 11) is 1.38. The molecule has 0 aliphatic heterocycles. The summed E-state index contributed by atoms with van der Waals surface area (Å²) in [6.45, 7) is 2.83. The molecule has 28 heavy (non-hydrogen) atoms. The number of amides is 2. The molecular formula is C19H20ClN3O5. The van der Waals surface area contributed by atoms with Gasteiger partial charge in [0.15, 0.2) is 6.10 Å². The fraction of sp³-hybridized carbons (Fsp3) is 0.211. The molecule has 148 valence electrons. The number of ether oxygens (including phenoxy) is 2. The van der Waals surface area contributed by atoms with Gasteiger partial charge in [-0.05, 0) is 37.3 Å². The largest absolute Gasteiger partial charge is 0.496 e. The van der Waals surface area contributed by atoms with Crippen LogP contribution in [-0.4, -0.2) is 31.0 Å². The Morgan fingerprint density at radius 3 is 2.18 bits per heavy atom. The van der Waals surface area contributed by atoms with Crippen LogP contribution >= 0.6 is 11.6 Å². The zero-order valence-electron chi connectivity index (χ0n) is 15.5. The molecular weight excluding hydrogens is 386 g/mol. The fourth-order valence-electron chi connectivity index (χ4n) is 2.26. The lowest BCUT2D eigenvalue weighted by Crippen LogP contribution is -2.30. The van der Waals surface area contributed by atoms with E-state index in [9.17, 15) is 14.4 Å². The first kappa shape index (κ1) is 21.0. The summed E-state index contributed by atoms with van der Waals surface area (Å²) in [4.78, 5) is 35.7. The van der Waals surface area contributed by atoms with E-state index >= 15 is 0 Å². The number of nitrogens with two attached hydrogens (primary N) is 1. The Kier molecular flexibility index (Phi) is 6.84. The highest BCUT2D eigenvalue weighted by Gasteiger charge is 2.22. The van der Waals surface area contributed by atoms with Crippen molar-refractivity contribution in [1.29, 1.82) is 0 Å². The van der Waals surface area contributed by atoms with Gasteiger partial charge in [0, 0.05) is 24.4 Å². The Morgan fingerprint density at radius 2 is 1.64 bits per heavy atom. The smallest absolute Gasteiger partial charge is 0.342 e. The van der Waals surface area contributed by atoms with Gasteiger partial charge in [-0.3, -0.25) is 9.59 Å². The van der Waals surface area contributed by atoms with E-state index < -0.39 is 18.0 Å². The fourth-order valence-corrected chi connectivity index (χ4v) is 2.42. The lowest BCUT2D eigenvalue weighted by molar-refractivity contribution is -0.123. The van der Waals surface area contributed by atoms with Crippen LogP contribution in [0.25, 0.3) is 0 Å². The second-order valence-electron chi connectivity index (χ2n) is 5.87. The predicted molar refractivity (Wildman–Crippen MR) is 107 cm³/mol. The van der Waals surface area contributed by atoms with Crippen molar-refractivity contribution in [3.05, 3.63) is 47.0 Å². The van der Waals surface area contributed by atoms with Crippen molar-refractivity contribution >= 4 is 46.4 Å². The van der Waals surface area contributed by atoms with Crippen molar-refractivity contribution in [2.24, 2.45) is 0 Å². The molecule has 0 aromatic heterocycles. The minimum absolute atomic E-state index is 0.0565. The quantitative estimate of drug-likeness (QED) is 0.501. The van der Waals surface area contributed by atoms with Gasteiger partial charge >= 0.3 is 5.97 Å². The van der Waals surface area contributed by atoms with Crippen LogP contribution in [0.15, 0.2) is 36.4 Å². The zero-order valence-corrected chi connectivity index (χ0v) is 16.3. The SMILES string of the molecule is COc1cc(N)c(Cl)cc1C(=O)O[C@@H](C)C(=O)Nc1ccc(NC(C)=O)cc1. The number of benzene rings is 2. The number of halogens is 1. The van der Waals surface area contributed by atoms with E-state index in [2.05, 4.69) is 10.6 Å². The number of carbonyl (C=O) groups excluding carboxylic acids is 3. The normalized spacial score (nSPS) is 11.3. The van der Waals surface area contributed by atoms with E-state index in [4.69, 9.17) is 26.8 Å². The molecule has 2 aromatic carbocycles. The third kappa shape index (κ3) is 5.37. The number of nitrogens with one attached hydrogen (secondary N) is 2. The predicted octanol–water partition coefficient (Wildman–Crippen LogP) is 3.07. The summed E-state index contributed by atoms with van der Waals surface area (Å²) >= 11 is 5.94. The van der Waals surface area contributed by atoms with Crippen molar-refractivity contribution in [2.45, 2.75) is 20.0 Å². The number of esters is 1. The minimum Gasteiger partial charge on any atom is -0.496 e. The number of anilines is 3. The van der Waals surface area contributed by atoms with Gasteiger partial charge in [-0.2, -0.15) is 0 Å². The number of methoxy groups -OCH3 is 1. The third-order valence-electron chi connectivity index (χ3n) is 3.66. The summed E-state index contributed by atoms with van der Waals surface area (Å²) in [5.74, 6) is -1.31. The molecule has 4 N–H and O–H groups in total. The second-order valence-corrected chi connectivity index (χ2v) is 6.28. The van der Waals surface area contributed by atoms with Gasteiger partial charge < -0.3 is 25.8 Å². The maximum Gasteiger partial charge on any atom is 0.342 e. The van der Waals surface area contributed by atoms with E-state index in [0.29, 0.717) is 11.4 Å². The van der Waals surface area contributed by atoms with E-state index in [1.807, 2.05) is 0 Å². The standard InChI is InChI=1S/C19H20ClN3O5/c1-10(18(25)23-13-6-4-12(5-7-13)22-11(2)24)28-19(26)14-8-15(20)16(21)9-17(14)27-3/h4-10H,21H2,1-3H3,(H,22,24)(H,23,25)/t10-/m0/s1. The Labute approximate surface area is 166 Å². The average Bonchev–Trinajstić information content (AvgIpc) is 2.64. The van der Waals surface area contributed by atoms with E-state index in [1.165, 1.54) is 33.1 Å². The highest BCUT2D eigenvalue weighted by atomic mass is 35.5. The summed E-state index contributed by atoms with van der Waals surface area (Å²) < 4.78 is 10.3.